The zero-order valence-electron chi connectivity index (χ0n) is 13.3. The van der Waals surface area contributed by atoms with E-state index in [0.29, 0.717) is 5.75 Å². The van der Waals surface area contributed by atoms with E-state index in [2.05, 4.69) is 41.6 Å². The van der Waals surface area contributed by atoms with Crippen molar-refractivity contribution >= 4 is 23.5 Å². The van der Waals surface area contributed by atoms with Gasteiger partial charge in [0.15, 0.2) is 6.61 Å². The van der Waals surface area contributed by atoms with Crippen molar-refractivity contribution in [1.82, 2.24) is 4.98 Å². The molecule has 2 aromatic carbocycles. The fraction of sp³-hybridized carbons (Fsp3) is 0.100. The van der Waals surface area contributed by atoms with Crippen molar-refractivity contribution in [1.29, 1.82) is 5.26 Å². The van der Waals surface area contributed by atoms with E-state index in [4.69, 9.17) is 10.00 Å². The molecule has 4 heteroatoms. The lowest BCUT2D eigenvalue weighted by Crippen LogP contribution is -1.92. The molecule has 0 atom stereocenters. The predicted molar refractivity (Wildman–Crippen MR) is 98.8 cm³/mol. The molecule has 0 N–H and O–H groups in total. The molecule has 0 aliphatic rings. The minimum absolute atomic E-state index is 0.0656. The van der Waals surface area contributed by atoms with Crippen LogP contribution in [0.2, 0.25) is 0 Å². The summed E-state index contributed by atoms with van der Waals surface area (Å²) in [4.78, 5) is 4.65. The highest BCUT2D eigenvalue weighted by molar-refractivity contribution is 7.10. The summed E-state index contributed by atoms with van der Waals surface area (Å²) in [6.45, 7) is 2.14. The van der Waals surface area contributed by atoms with Crippen molar-refractivity contribution in [2.75, 3.05) is 6.61 Å². The molecule has 1 heterocycles. The van der Waals surface area contributed by atoms with Gasteiger partial charge < -0.3 is 4.74 Å². The molecule has 0 fully saturated rings. The molecule has 0 radical (unpaired) electrons. The second kappa shape index (κ2) is 7.58. The van der Waals surface area contributed by atoms with Crippen LogP contribution in [-0.4, -0.2) is 11.6 Å². The minimum atomic E-state index is 0.0656. The van der Waals surface area contributed by atoms with E-state index in [1.54, 1.807) is 11.3 Å². The quantitative estimate of drug-likeness (QED) is 0.646. The van der Waals surface area contributed by atoms with Gasteiger partial charge in [-0.1, -0.05) is 48.0 Å². The Morgan fingerprint density at radius 3 is 2.54 bits per heavy atom. The van der Waals surface area contributed by atoms with Gasteiger partial charge in [0, 0.05) is 10.9 Å². The first kappa shape index (κ1) is 16.0. The fourth-order valence-corrected chi connectivity index (χ4v) is 2.90. The molecule has 0 amide bonds. The van der Waals surface area contributed by atoms with Crippen molar-refractivity contribution in [2.45, 2.75) is 6.92 Å². The van der Waals surface area contributed by atoms with Crippen molar-refractivity contribution in [3.05, 3.63) is 70.0 Å². The fourth-order valence-electron chi connectivity index (χ4n) is 2.18. The first-order chi connectivity index (χ1) is 11.7. The lowest BCUT2D eigenvalue weighted by atomic mass is 10.1. The Labute approximate surface area is 145 Å². The van der Waals surface area contributed by atoms with Gasteiger partial charge in [0.1, 0.15) is 16.8 Å². The third-order valence-electron chi connectivity index (χ3n) is 3.47. The molecular weight excluding hydrogens is 316 g/mol. The molecule has 3 nitrogen and oxygen atoms in total. The standard InChI is InChI=1S/C20H16N2OS/c1-15-2-7-17(8-3-15)19-14-24-20(22-19)11-6-16-4-9-18(10-5-16)23-13-12-21/h2-11,14H,13H2,1H3/b11-6+. The molecule has 0 unspecified atom stereocenters. The molecule has 1 aromatic heterocycles. The molecule has 0 aliphatic heterocycles. The van der Waals surface area contributed by atoms with Crippen LogP contribution < -0.4 is 4.74 Å². The van der Waals surface area contributed by atoms with Gasteiger partial charge >= 0.3 is 0 Å². The monoisotopic (exact) mass is 332 g/mol. The molecule has 3 aromatic rings. The summed E-state index contributed by atoms with van der Waals surface area (Å²) in [6.07, 6.45) is 4.03. The number of benzene rings is 2. The number of nitriles is 1. The Morgan fingerprint density at radius 1 is 1.08 bits per heavy atom. The maximum Gasteiger partial charge on any atom is 0.174 e. The molecule has 3 rings (SSSR count). The maximum atomic E-state index is 8.50. The predicted octanol–water partition coefficient (Wildman–Crippen LogP) is 5.19. The topological polar surface area (TPSA) is 45.9 Å². The van der Waals surface area contributed by atoms with Crippen LogP contribution in [0.25, 0.3) is 23.4 Å². The van der Waals surface area contributed by atoms with Gasteiger partial charge in [-0.2, -0.15) is 5.26 Å². The highest BCUT2D eigenvalue weighted by Gasteiger charge is 2.02. The minimum Gasteiger partial charge on any atom is -0.479 e. The van der Waals surface area contributed by atoms with Crippen molar-refractivity contribution < 1.29 is 4.74 Å². The lowest BCUT2D eigenvalue weighted by Gasteiger charge is -2.00. The number of hydrogen-bond donors (Lipinski definition) is 0. The first-order valence-electron chi connectivity index (χ1n) is 7.55. The van der Waals surface area contributed by atoms with E-state index < -0.39 is 0 Å². The van der Waals surface area contributed by atoms with Gasteiger partial charge in [0.05, 0.1) is 5.69 Å². The molecule has 0 saturated carbocycles. The average Bonchev–Trinajstić information content (AvgIpc) is 3.09. The smallest absolute Gasteiger partial charge is 0.174 e. The van der Waals surface area contributed by atoms with E-state index >= 15 is 0 Å². The number of hydrogen-bond acceptors (Lipinski definition) is 4. The third-order valence-corrected chi connectivity index (χ3v) is 4.28. The number of aryl methyl sites for hydroxylation is 1. The molecule has 0 spiro atoms. The molecule has 24 heavy (non-hydrogen) atoms. The molecule has 118 valence electrons. The highest BCUT2D eigenvalue weighted by atomic mass is 32.1. The Morgan fingerprint density at radius 2 is 1.83 bits per heavy atom. The van der Waals surface area contributed by atoms with Gasteiger partial charge in [-0.3, -0.25) is 0 Å². The number of nitrogens with zero attached hydrogens (tertiary/aromatic N) is 2. The average molecular weight is 332 g/mol. The largest absolute Gasteiger partial charge is 0.479 e. The van der Waals surface area contributed by atoms with Crippen LogP contribution in [0.1, 0.15) is 16.1 Å². The first-order valence-corrected chi connectivity index (χ1v) is 8.43. The summed E-state index contributed by atoms with van der Waals surface area (Å²) in [5.74, 6) is 0.699. The summed E-state index contributed by atoms with van der Waals surface area (Å²) in [6, 6.07) is 18.0. The molecular formula is C20H16N2OS. The van der Waals surface area contributed by atoms with Crippen molar-refractivity contribution in [2.24, 2.45) is 0 Å². The number of ether oxygens (including phenoxy) is 1. The Balaban J connectivity index is 1.69. The Bertz CT molecular complexity index is 871. The number of thiazole rings is 1. The molecule has 0 saturated heterocycles. The van der Waals surface area contributed by atoms with E-state index in [0.717, 1.165) is 21.8 Å². The van der Waals surface area contributed by atoms with Gasteiger partial charge in [-0.05, 0) is 30.7 Å². The van der Waals surface area contributed by atoms with E-state index in [1.807, 2.05) is 42.5 Å². The Hall–Kier alpha value is -2.90. The van der Waals surface area contributed by atoms with Crippen LogP contribution in [0, 0.1) is 18.3 Å². The Kier molecular flexibility index (Phi) is 5.05. The molecule has 0 bridgehead atoms. The maximum absolute atomic E-state index is 8.50. The third kappa shape index (κ3) is 4.09. The van der Waals surface area contributed by atoms with Crippen LogP contribution in [-0.2, 0) is 0 Å². The lowest BCUT2D eigenvalue weighted by molar-refractivity contribution is 0.368. The highest BCUT2D eigenvalue weighted by Crippen LogP contribution is 2.23. The number of rotatable bonds is 5. The van der Waals surface area contributed by atoms with E-state index in [1.165, 1.54) is 5.56 Å². The van der Waals surface area contributed by atoms with Crippen molar-refractivity contribution in [3.63, 3.8) is 0 Å². The van der Waals surface area contributed by atoms with Crippen LogP contribution >= 0.6 is 11.3 Å². The second-order valence-electron chi connectivity index (χ2n) is 5.29. The van der Waals surface area contributed by atoms with E-state index in [-0.39, 0.29) is 6.61 Å². The van der Waals surface area contributed by atoms with Gasteiger partial charge in [0.25, 0.3) is 0 Å². The van der Waals surface area contributed by atoms with Crippen LogP contribution in [0.3, 0.4) is 0 Å². The van der Waals surface area contributed by atoms with E-state index in [9.17, 15) is 0 Å². The summed E-state index contributed by atoms with van der Waals surface area (Å²) >= 11 is 1.62. The zero-order chi connectivity index (χ0) is 16.8. The second-order valence-corrected chi connectivity index (χ2v) is 6.18. The number of aromatic nitrogens is 1. The van der Waals surface area contributed by atoms with Crippen molar-refractivity contribution in [3.8, 4) is 23.1 Å². The SMILES string of the molecule is Cc1ccc(-c2csc(/C=C/c3ccc(OCC#N)cc3)n2)cc1. The summed E-state index contributed by atoms with van der Waals surface area (Å²) in [5, 5.41) is 11.5. The summed E-state index contributed by atoms with van der Waals surface area (Å²) in [7, 11) is 0. The van der Waals surface area contributed by atoms with Crippen LogP contribution in [0.5, 0.6) is 5.75 Å². The summed E-state index contributed by atoms with van der Waals surface area (Å²) in [5.41, 5.74) is 4.44. The van der Waals surface area contributed by atoms with Gasteiger partial charge in [-0.25, -0.2) is 4.98 Å². The van der Waals surface area contributed by atoms with Crippen LogP contribution in [0.15, 0.2) is 53.9 Å². The van der Waals surface area contributed by atoms with Crippen LogP contribution in [0.4, 0.5) is 0 Å². The zero-order valence-corrected chi connectivity index (χ0v) is 14.1. The van der Waals surface area contributed by atoms with Gasteiger partial charge in [-0.15, -0.1) is 11.3 Å². The molecule has 0 aliphatic carbocycles. The normalized spacial score (nSPS) is 10.7. The van der Waals surface area contributed by atoms with Gasteiger partial charge in [0.2, 0.25) is 0 Å². The summed E-state index contributed by atoms with van der Waals surface area (Å²) < 4.78 is 5.24.